The topological polar surface area (TPSA) is 101 Å². The zero-order valence-electron chi connectivity index (χ0n) is 16.6. The molecule has 0 spiro atoms. The van der Waals surface area contributed by atoms with Gasteiger partial charge in [-0.25, -0.2) is 8.42 Å². The molecule has 2 aliphatic rings. The number of Topliss-reactive ketones (excluding diaryl/α,β-unsaturated/α-hetero) is 1. The van der Waals surface area contributed by atoms with E-state index in [1.165, 1.54) is 9.21 Å². The van der Waals surface area contributed by atoms with Gasteiger partial charge in [0.15, 0.2) is 12.4 Å². The number of ketones is 1. The lowest BCUT2D eigenvalue weighted by Crippen LogP contribution is -2.36. The number of sulfonamides is 1. The molecule has 29 heavy (non-hydrogen) atoms. The molecule has 158 valence electrons. The summed E-state index contributed by atoms with van der Waals surface area (Å²) in [4.78, 5) is 37.9. The zero-order valence-corrected chi connectivity index (χ0v) is 17.4. The molecule has 0 unspecified atom stereocenters. The largest absolute Gasteiger partial charge is 0.456 e. The number of amides is 1. The van der Waals surface area contributed by atoms with E-state index in [2.05, 4.69) is 0 Å². The fraction of sp³-hybridized carbons (Fsp3) is 0.550. The fourth-order valence-electron chi connectivity index (χ4n) is 3.63. The van der Waals surface area contributed by atoms with Crippen LogP contribution >= 0.6 is 0 Å². The SMILES string of the molecule is CCS(=O)(=O)N1CCc2cc(C(=O)COC(=O)CN3CCCCCC3=O)ccc21. The van der Waals surface area contributed by atoms with Crippen molar-refractivity contribution in [3.8, 4) is 0 Å². The summed E-state index contributed by atoms with van der Waals surface area (Å²) in [6.07, 6.45) is 3.62. The van der Waals surface area contributed by atoms with Crippen LogP contribution in [-0.2, 0) is 30.8 Å². The van der Waals surface area contributed by atoms with E-state index < -0.39 is 22.6 Å². The molecule has 2 heterocycles. The molecule has 1 saturated heterocycles. The smallest absolute Gasteiger partial charge is 0.326 e. The lowest BCUT2D eigenvalue weighted by Gasteiger charge is -2.19. The highest BCUT2D eigenvalue weighted by molar-refractivity contribution is 7.92. The van der Waals surface area contributed by atoms with Crippen LogP contribution in [0.2, 0.25) is 0 Å². The minimum Gasteiger partial charge on any atom is -0.456 e. The summed E-state index contributed by atoms with van der Waals surface area (Å²) in [5, 5.41) is 0. The van der Waals surface area contributed by atoms with E-state index in [-0.39, 0.29) is 24.0 Å². The van der Waals surface area contributed by atoms with Gasteiger partial charge in [0.1, 0.15) is 6.54 Å². The normalized spacial score (nSPS) is 17.1. The van der Waals surface area contributed by atoms with Crippen molar-refractivity contribution >= 4 is 33.4 Å². The minimum absolute atomic E-state index is 0.0165. The number of fused-ring (bicyclic) bond motifs is 1. The maximum Gasteiger partial charge on any atom is 0.326 e. The van der Waals surface area contributed by atoms with Gasteiger partial charge in [-0.3, -0.25) is 18.7 Å². The lowest BCUT2D eigenvalue weighted by atomic mass is 10.1. The number of carbonyl (C=O) groups is 3. The number of ether oxygens (including phenoxy) is 1. The average Bonchev–Trinajstić information content (AvgIpc) is 3.04. The van der Waals surface area contributed by atoms with Crippen molar-refractivity contribution < 1.29 is 27.5 Å². The molecule has 1 aromatic carbocycles. The summed E-state index contributed by atoms with van der Waals surface area (Å²) >= 11 is 0. The predicted octanol–water partition coefficient (Wildman–Crippen LogP) is 1.53. The number of anilines is 1. The monoisotopic (exact) mass is 422 g/mol. The molecule has 8 nitrogen and oxygen atoms in total. The first-order valence-electron chi connectivity index (χ1n) is 9.92. The molecule has 1 fully saturated rings. The number of esters is 1. The minimum atomic E-state index is -3.34. The van der Waals surface area contributed by atoms with Gasteiger partial charge in [0.25, 0.3) is 0 Å². The maximum atomic E-state index is 12.4. The van der Waals surface area contributed by atoms with Gasteiger partial charge in [-0.2, -0.15) is 0 Å². The van der Waals surface area contributed by atoms with E-state index >= 15 is 0 Å². The Labute approximate surface area is 170 Å². The van der Waals surface area contributed by atoms with Crippen molar-refractivity contribution in [3.63, 3.8) is 0 Å². The molecule has 0 bridgehead atoms. The maximum absolute atomic E-state index is 12.4. The number of likely N-dealkylation sites (tertiary alicyclic amines) is 1. The van der Waals surface area contributed by atoms with Gasteiger partial charge in [-0.05, 0) is 49.9 Å². The van der Waals surface area contributed by atoms with E-state index in [0.29, 0.717) is 37.2 Å². The lowest BCUT2D eigenvalue weighted by molar-refractivity contribution is -0.148. The third kappa shape index (κ3) is 4.95. The van der Waals surface area contributed by atoms with Crippen LogP contribution in [0, 0.1) is 0 Å². The molecular weight excluding hydrogens is 396 g/mol. The van der Waals surface area contributed by atoms with E-state index in [0.717, 1.165) is 24.8 Å². The Morgan fingerprint density at radius 2 is 1.90 bits per heavy atom. The van der Waals surface area contributed by atoms with Gasteiger partial charge >= 0.3 is 5.97 Å². The van der Waals surface area contributed by atoms with E-state index in [9.17, 15) is 22.8 Å². The second kappa shape index (κ2) is 8.94. The third-order valence-electron chi connectivity index (χ3n) is 5.31. The number of nitrogens with zero attached hydrogens (tertiary/aromatic N) is 2. The molecule has 0 saturated carbocycles. The Balaban J connectivity index is 1.58. The molecule has 9 heteroatoms. The predicted molar refractivity (Wildman–Crippen MR) is 107 cm³/mol. The molecule has 0 N–H and O–H groups in total. The van der Waals surface area contributed by atoms with Gasteiger partial charge in [-0.15, -0.1) is 0 Å². The van der Waals surface area contributed by atoms with Crippen LogP contribution in [0.3, 0.4) is 0 Å². The second-order valence-electron chi connectivity index (χ2n) is 7.28. The molecule has 1 amide bonds. The Morgan fingerprint density at radius 3 is 2.66 bits per heavy atom. The van der Waals surface area contributed by atoms with Gasteiger partial charge < -0.3 is 9.64 Å². The molecule has 0 radical (unpaired) electrons. The van der Waals surface area contributed by atoms with Crippen LogP contribution in [0.1, 0.15) is 48.5 Å². The summed E-state index contributed by atoms with van der Waals surface area (Å²) in [6, 6.07) is 4.84. The van der Waals surface area contributed by atoms with Crippen molar-refractivity contribution in [2.24, 2.45) is 0 Å². The van der Waals surface area contributed by atoms with Gasteiger partial charge in [-0.1, -0.05) is 6.42 Å². The van der Waals surface area contributed by atoms with Crippen LogP contribution in [0.5, 0.6) is 0 Å². The summed E-state index contributed by atoms with van der Waals surface area (Å²) in [6.45, 7) is 1.95. The van der Waals surface area contributed by atoms with Crippen molar-refractivity contribution in [2.45, 2.75) is 39.0 Å². The second-order valence-corrected chi connectivity index (χ2v) is 9.46. The standard InChI is InChI=1S/C20H26N2O6S/c1-2-29(26,27)22-11-9-15-12-16(7-8-17(15)22)18(23)14-28-20(25)13-21-10-5-3-4-6-19(21)24/h7-8,12H,2-6,9-11,13-14H2,1H3. The summed E-state index contributed by atoms with van der Waals surface area (Å²) in [5.41, 5.74) is 1.76. The van der Waals surface area contributed by atoms with E-state index in [1.807, 2.05) is 0 Å². The highest BCUT2D eigenvalue weighted by Crippen LogP contribution is 2.31. The number of benzene rings is 1. The number of carbonyl (C=O) groups excluding carboxylic acids is 3. The van der Waals surface area contributed by atoms with Crippen molar-refractivity contribution in [1.82, 2.24) is 4.90 Å². The van der Waals surface area contributed by atoms with Crippen molar-refractivity contribution in [3.05, 3.63) is 29.3 Å². The number of rotatable bonds is 7. The first-order valence-corrected chi connectivity index (χ1v) is 11.5. The molecule has 0 atom stereocenters. The van der Waals surface area contributed by atoms with Crippen LogP contribution in [0.4, 0.5) is 5.69 Å². The van der Waals surface area contributed by atoms with Crippen molar-refractivity contribution in [2.75, 3.05) is 36.3 Å². The van der Waals surface area contributed by atoms with Crippen LogP contribution < -0.4 is 4.31 Å². The summed E-state index contributed by atoms with van der Waals surface area (Å²) in [5.74, 6) is -1.01. The first kappa shape index (κ1) is 21.3. The Morgan fingerprint density at radius 1 is 1.10 bits per heavy atom. The Kier molecular flexibility index (Phi) is 6.56. The first-order chi connectivity index (χ1) is 13.8. The highest BCUT2D eigenvalue weighted by Gasteiger charge is 2.28. The zero-order chi connectivity index (χ0) is 21.0. The van der Waals surface area contributed by atoms with Crippen LogP contribution in [-0.4, -0.2) is 63.0 Å². The molecule has 2 aliphatic heterocycles. The molecule has 3 rings (SSSR count). The van der Waals surface area contributed by atoms with Gasteiger partial charge in [0, 0.05) is 25.1 Å². The summed E-state index contributed by atoms with van der Waals surface area (Å²) in [7, 11) is -3.34. The number of hydrogen-bond acceptors (Lipinski definition) is 6. The highest BCUT2D eigenvalue weighted by atomic mass is 32.2. The molecule has 0 aromatic heterocycles. The average molecular weight is 423 g/mol. The van der Waals surface area contributed by atoms with E-state index in [1.54, 1.807) is 25.1 Å². The van der Waals surface area contributed by atoms with Crippen LogP contribution in [0.25, 0.3) is 0 Å². The third-order valence-corrected chi connectivity index (χ3v) is 7.09. The molecule has 0 aliphatic carbocycles. The Hall–Kier alpha value is -2.42. The summed E-state index contributed by atoms with van der Waals surface area (Å²) < 4.78 is 30.7. The fourth-order valence-corrected chi connectivity index (χ4v) is 4.79. The van der Waals surface area contributed by atoms with Gasteiger partial charge in [0.05, 0.1) is 11.4 Å². The molecular formula is C20H26N2O6S. The van der Waals surface area contributed by atoms with E-state index in [4.69, 9.17) is 4.74 Å². The van der Waals surface area contributed by atoms with Crippen molar-refractivity contribution in [1.29, 1.82) is 0 Å². The number of hydrogen-bond donors (Lipinski definition) is 0. The molecule has 1 aromatic rings. The van der Waals surface area contributed by atoms with Gasteiger partial charge in [0.2, 0.25) is 15.9 Å². The Bertz CT molecular complexity index is 912. The quantitative estimate of drug-likeness (QED) is 0.488. The van der Waals surface area contributed by atoms with Crippen LogP contribution in [0.15, 0.2) is 18.2 Å².